The Hall–Kier alpha value is -1.31. The van der Waals surface area contributed by atoms with Crippen LogP contribution in [0.3, 0.4) is 0 Å². The van der Waals surface area contributed by atoms with Crippen molar-refractivity contribution in [2.75, 3.05) is 27.2 Å². The molecule has 0 aliphatic carbocycles. The lowest BCUT2D eigenvalue weighted by Crippen LogP contribution is -2.23. The number of halogens is 1. The Morgan fingerprint density at radius 3 is 2.82 bits per heavy atom. The Kier molecular flexibility index (Phi) is 5.75. The fourth-order valence-electron chi connectivity index (χ4n) is 1.13. The van der Waals surface area contributed by atoms with Gasteiger partial charge in [0.25, 0.3) is 5.91 Å². The van der Waals surface area contributed by atoms with Crippen LogP contribution in [-0.4, -0.2) is 38.0 Å². The standard InChI is InChI=1S/C13H15BrN2O/c1-16(2)9-4-3-8-15-13(17)11-6-5-7-12(14)10-11/h5-7,10H,8-9H2,1-2H3,(H,15,17). The van der Waals surface area contributed by atoms with Gasteiger partial charge in [-0.2, -0.15) is 0 Å². The molecule has 0 spiro atoms. The molecule has 0 aromatic heterocycles. The smallest absolute Gasteiger partial charge is 0.252 e. The number of nitrogens with one attached hydrogen (secondary N) is 1. The number of hydrogen-bond acceptors (Lipinski definition) is 2. The van der Waals surface area contributed by atoms with Crippen LogP contribution in [0.4, 0.5) is 0 Å². The maximum absolute atomic E-state index is 11.7. The molecule has 0 bridgehead atoms. The molecule has 0 atom stereocenters. The van der Waals surface area contributed by atoms with Gasteiger partial charge < -0.3 is 5.32 Å². The third-order valence-electron chi connectivity index (χ3n) is 1.94. The first-order valence-electron chi connectivity index (χ1n) is 5.24. The molecule has 0 heterocycles. The zero-order valence-electron chi connectivity index (χ0n) is 9.96. The molecule has 0 aliphatic heterocycles. The summed E-state index contributed by atoms with van der Waals surface area (Å²) in [5, 5.41) is 2.75. The summed E-state index contributed by atoms with van der Waals surface area (Å²) in [6, 6.07) is 7.26. The van der Waals surface area contributed by atoms with Crippen LogP contribution >= 0.6 is 15.9 Å². The third kappa shape index (κ3) is 5.53. The van der Waals surface area contributed by atoms with E-state index in [1.54, 1.807) is 12.1 Å². The van der Waals surface area contributed by atoms with Crippen LogP contribution in [0.1, 0.15) is 10.4 Å². The highest BCUT2D eigenvalue weighted by atomic mass is 79.9. The van der Waals surface area contributed by atoms with Gasteiger partial charge in [0.05, 0.1) is 13.1 Å². The Labute approximate surface area is 110 Å². The molecular weight excluding hydrogens is 280 g/mol. The van der Waals surface area contributed by atoms with Crippen LogP contribution in [-0.2, 0) is 0 Å². The number of nitrogens with zero attached hydrogens (tertiary/aromatic N) is 1. The number of benzene rings is 1. The fourth-order valence-corrected chi connectivity index (χ4v) is 1.53. The SMILES string of the molecule is CN(C)CC#CCNC(=O)c1cccc(Br)c1. The van der Waals surface area contributed by atoms with Crippen LogP contribution in [0.25, 0.3) is 0 Å². The van der Waals surface area contributed by atoms with E-state index in [1.807, 2.05) is 31.1 Å². The van der Waals surface area contributed by atoms with Crippen LogP contribution < -0.4 is 5.32 Å². The molecular formula is C13H15BrN2O. The van der Waals surface area contributed by atoms with Gasteiger partial charge in [0, 0.05) is 10.0 Å². The minimum absolute atomic E-state index is 0.106. The molecule has 17 heavy (non-hydrogen) atoms. The molecule has 1 rings (SSSR count). The topological polar surface area (TPSA) is 32.3 Å². The Morgan fingerprint density at radius 1 is 1.41 bits per heavy atom. The molecule has 1 amide bonds. The van der Waals surface area contributed by atoms with Crippen molar-refractivity contribution in [2.24, 2.45) is 0 Å². The lowest BCUT2D eigenvalue weighted by Gasteiger charge is -2.02. The second-order valence-corrected chi connectivity index (χ2v) is 4.70. The summed E-state index contributed by atoms with van der Waals surface area (Å²) in [7, 11) is 3.91. The summed E-state index contributed by atoms with van der Waals surface area (Å²) in [4.78, 5) is 13.7. The molecule has 0 aliphatic rings. The van der Waals surface area contributed by atoms with E-state index in [0.29, 0.717) is 18.7 Å². The van der Waals surface area contributed by atoms with E-state index >= 15 is 0 Å². The van der Waals surface area contributed by atoms with E-state index in [-0.39, 0.29) is 5.91 Å². The number of rotatable bonds is 3. The number of hydrogen-bond donors (Lipinski definition) is 1. The zero-order valence-corrected chi connectivity index (χ0v) is 11.5. The first kappa shape index (κ1) is 13.8. The summed E-state index contributed by atoms with van der Waals surface area (Å²) in [6.45, 7) is 1.08. The van der Waals surface area contributed by atoms with Gasteiger partial charge in [-0.3, -0.25) is 9.69 Å². The predicted octanol–water partition coefficient (Wildman–Crippen LogP) is 1.74. The van der Waals surface area contributed by atoms with Crippen molar-refractivity contribution in [3.63, 3.8) is 0 Å². The van der Waals surface area contributed by atoms with E-state index in [2.05, 4.69) is 33.1 Å². The fraction of sp³-hybridized carbons (Fsp3) is 0.308. The molecule has 0 unspecified atom stereocenters. The summed E-state index contributed by atoms with van der Waals surface area (Å²) < 4.78 is 0.892. The van der Waals surface area contributed by atoms with E-state index in [1.165, 1.54) is 0 Å². The Balaban J connectivity index is 2.42. The van der Waals surface area contributed by atoms with Crippen molar-refractivity contribution in [2.45, 2.75) is 0 Å². The molecule has 90 valence electrons. The number of amides is 1. The summed E-state index contributed by atoms with van der Waals surface area (Å²) in [6.07, 6.45) is 0. The number of carbonyl (C=O) groups is 1. The molecule has 0 saturated heterocycles. The minimum Gasteiger partial charge on any atom is -0.341 e. The Morgan fingerprint density at radius 2 is 2.18 bits per heavy atom. The van der Waals surface area contributed by atoms with Gasteiger partial charge >= 0.3 is 0 Å². The highest BCUT2D eigenvalue weighted by molar-refractivity contribution is 9.10. The molecule has 0 saturated carbocycles. The van der Waals surface area contributed by atoms with Gasteiger partial charge in [0.2, 0.25) is 0 Å². The molecule has 0 radical (unpaired) electrons. The average molecular weight is 295 g/mol. The predicted molar refractivity (Wildman–Crippen MR) is 72.8 cm³/mol. The molecule has 1 N–H and O–H groups in total. The lowest BCUT2D eigenvalue weighted by atomic mass is 10.2. The van der Waals surface area contributed by atoms with Gasteiger partial charge in [-0.15, -0.1) is 0 Å². The van der Waals surface area contributed by atoms with Gasteiger partial charge in [-0.25, -0.2) is 0 Å². The molecule has 1 aromatic rings. The van der Waals surface area contributed by atoms with Gasteiger partial charge in [0.15, 0.2) is 0 Å². The summed E-state index contributed by atoms with van der Waals surface area (Å²) in [5.74, 6) is 5.75. The summed E-state index contributed by atoms with van der Waals surface area (Å²) >= 11 is 3.33. The van der Waals surface area contributed by atoms with E-state index in [0.717, 1.165) is 4.47 Å². The summed E-state index contributed by atoms with van der Waals surface area (Å²) in [5.41, 5.74) is 0.633. The molecule has 0 fully saturated rings. The molecule has 1 aromatic carbocycles. The van der Waals surface area contributed by atoms with Gasteiger partial charge in [-0.1, -0.05) is 33.8 Å². The van der Waals surface area contributed by atoms with E-state index in [9.17, 15) is 4.79 Å². The van der Waals surface area contributed by atoms with E-state index in [4.69, 9.17) is 0 Å². The normalized spacial score (nSPS) is 9.65. The van der Waals surface area contributed by atoms with Crippen LogP contribution in [0.5, 0.6) is 0 Å². The van der Waals surface area contributed by atoms with E-state index < -0.39 is 0 Å². The lowest BCUT2D eigenvalue weighted by molar-refractivity contribution is 0.0958. The minimum atomic E-state index is -0.106. The number of carbonyl (C=O) groups excluding carboxylic acids is 1. The second kappa shape index (κ2) is 7.10. The molecule has 3 nitrogen and oxygen atoms in total. The quantitative estimate of drug-likeness (QED) is 0.862. The first-order valence-corrected chi connectivity index (χ1v) is 6.03. The van der Waals surface area contributed by atoms with Crippen molar-refractivity contribution >= 4 is 21.8 Å². The third-order valence-corrected chi connectivity index (χ3v) is 2.44. The largest absolute Gasteiger partial charge is 0.341 e. The maximum atomic E-state index is 11.7. The van der Waals surface area contributed by atoms with Crippen molar-refractivity contribution < 1.29 is 4.79 Å². The van der Waals surface area contributed by atoms with Crippen molar-refractivity contribution in [3.05, 3.63) is 34.3 Å². The Bertz CT molecular complexity index is 446. The monoisotopic (exact) mass is 294 g/mol. The van der Waals surface area contributed by atoms with Crippen LogP contribution in [0.15, 0.2) is 28.7 Å². The molecule has 4 heteroatoms. The highest BCUT2D eigenvalue weighted by Crippen LogP contribution is 2.11. The van der Waals surface area contributed by atoms with Gasteiger partial charge in [-0.05, 0) is 32.3 Å². The van der Waals surface area contributed by atoms with Crippen molar-refractivity contribution in [3.8, 4) is 11.8 Å². The van der Waals surface area contributed by atoms with Crippen LogP contribution in [0, 0.1) is 11.8 Å². The first-order chi connectivity index (χ1) is 8.09. The van der Waals surface area contributed by atoms with Crippen molar-refractivity contribution in [1.82, 2.24) is 10.2 Å². The average Bonchev–Trinajstić information content (AvgIpc) is 2.28. The highest BCUT2D eigenvalue weighted by Gasteiger charge is 2.03. The zero-order chi connectivity index (χ0) is 12.7. The second-order valence-electron chi connectivity index (χ2n) is 3.78. The maximum Gasteiger partial charge on any atom is 0.252 e. The van der Waals surface area contributed by atoms with Crippen molar-refractivity contribution in [1.29, 1.82) is 0 Å². The van der Waals surface area contributed by atoms with Crippen LogP contribution in [0.2, 0.25) is 0 Å². The van der Waals surface area contributed by atoms with Gasteiger partial charge in [0.1, 0.15) is 0 Å².